The Morgan fingerprint density at radius 1 is 1.05 bits per heavy atom. The van der Waals surface area contributed by atoms with Crippen LogP contribution < -0.4 is 5.73 Å². The van der Waals surface area contributed by atoms with Crippen molar-refractivity contribution in [3.8, 4) is 0 Å². The van der Waals surface area contributed by atoms with E-state index in [1.54, 1.807) is 12.1 Å². The first-order valence-electron chi connectivity index (χ1n) is 6.22. The van der Waals surface area contributed by atoms with Gasteiger partial charge in [0.1, 0.15) is 11.6 Å². The summed E-state index contributed by atoms with van der Waals surface area (Å²) in [4.78, 5) is 0. The van der Waals surface area contributed by atoms with Crippen LogP contribution in [0.1, 0.15) is 23.1 Å². The molecule has 0 fully saturated rings. The van der Waals surface area contributed by atoms with Crippen molar-refractivity contribution in [3.05, 3.63) is 69.2 Å². The van der Waals surface area contributed by atoms with E-state index >= 15 is 0 Å². The van der Waals surface area contributed by atoms with Crippen LogP contribution in [0.25, 0.3) is 0 Å². The van der Waals surface area contributed by atoms with Gasteiger partial charge in [0.2, 0.25) is 0 Å². The molecule has 21 heavy (non-hydrogen) atoms. The molecule has 112 valence electrons. The second kappa shape index (κ2) is 6.71. The molecule has 2 rings (SSSR count). The van der Waals surface area contributed by atoms with E-state index in [1.807, 2.05) is 0 Å². The zero-order valence-corrected chi connectivity index (χ0v) is 12.4. The van der Waals surface area contributed by atoms with Crippen LogP contribution in [0.3, 0.4) is 0 Å². The van der Waals surface area contributed by atoms with E-state index < -0.39 is 23.7 Å². The van der Waals surface area contributed by atoms with Crippen LogP contribution in [0.5, 0.6) is 0 Å². The van der Waals surface area contributed by atoms with Crippen LogP contribution in [0.2, 0.25) is 10.0 Å². The molecular weight excluding hydrogens is 319 g/mol. The summed E-state index contributed by atoms with van der Waals surface area (Å²) in [5.74, 6) is -2.01. The first-order chi connectivity index (χ1) is 9.93. The number of halogens is 4. The van der Waals surface area contributed by atoms with Crippen molar-refractivity contribution in [2.45, 2.75) is 12.0 Å². The molecule has 2 aromatic carbocycles. The lowest BCUT2D eigenvalue weighted by molar-refractivity contribution is 0.142. The standard InChI is InChI=1S/C15H13Cl2F2NO/c16-8-1-3-10(13(17)5-8)12(7-20)15(21)11-6-9(18)2-4-14(11)19/h1-6,12,15,21H,7,20H2. The van der Waals surface area contributed by atoms with Crippen molar-refractivity contribution in [1.82, 2.24) is 0 Å². The molecule has 2 nitrogen and oxygen atoms in total. The Kier molecular flexibility index (Phi) is 5.17. The summed E-state index contributed by atoms with van der Waals surface area (Å²) >= 11 is 11.9. The summed E-state index contributed by atoms with van der Waals surface area (Å²) in [7, 11) is 0. The van der Waals surface area contributed by atoms with Crippen molar-refractivity contribution < 1.29 is 13.9 Å². The summed E-state index contributed by atoms with van der Waals surface area (Å²) in [5.41, 5.74) is 6.04. The van der Waals surface area contributed by atoms with Gasteiger partial charge in [-0.05, 0) is 35.9 Å². The lowest BCUT2D eigenvalue weighted by Gasteiger charge is -2.23. The zero-order valence-electron chi connectivity index (χ0n) is 10.9. The number of benzene rings is 2. The third kappa shape index (κ3) is 3.52. The van der Waals surface area contributed by atoms with Gasteiger partial charge in [0, 0.05) is 28.1 Å². The molecule has 0 radical (unpaired) electrons. The van der Waals surface area contributed by atoms with Crippen molar-refractivity contribution in [2.75, 3.05) is 6.54 Å². The molecule has 0 saturated carbocycles. The van der Waals surface area contributed by atoms with Crippen LogP contribution in [0, 0.1) is 11.6 Å². The van der Waals surface area contributed by atoms with Crippen LogP contribution >= 0.6 is 23.2 Å². The van der Waals surface area contributed by atoms with Crippen molar-refractivity contribution in [3.63, 3.8) is 0 Å². The maximum Gasteiger partial charge on any atom is 0.129 e. The minimum absolute atomic E-state index is 0.0124. The van der Waals surface area contributed by atoms with E-state index in [-0.39, 0.29) is 12.1 Å². The number of aliphatic hydroxyl groups excluding tert-OH is 1. The van der Waals surface area contributed by atoms with Gasteiger partial charge < -0.3 is 10.8 Å². The largest absolute Gasteiger partial charge is 0.388 e. The van der Waals surface area contributed by atoms with E-state index in [0.29, 0.717) is 15.6 Å². The predicted molar refractivity (Wildman–Crippen MR) is 79.6 cm³/mol. The Labute approximate surface area is 131 Å². The molecule has 2 aromatic rings. The Morgan fingerprint density at radius 2 is 1.76 bits per heavy atom. The molecule has 0 aliphatic carbocycles. The fourth-order valence-electron chi connectivity index (χ4n) is 2.19. The lowest BCUT2D eigenvalue weighted by atomic mass is 9.89. The minimum atomic E-state index is -1.32. The summed E-state index contributed by atoms with van der Waals surface area (Å²) in [6, 6.07) is 7.62. The van der Waals surface area contributed by atoms with Gasteiger partial charge in [-0.25, -0.2) is 8.78 Å². The maximum atomic E-state index is 13.8. The van der Waals surface area contributed by atoms with Crippen LogP contribution in [0.4, 0.5) is 8.78 Å². The predicted octanol–water partition coefficient (Wildman–Crippen LogP) is 4.05. The Hall–Kier alpha value is -1.20. The van der Waals surface area contributed by atoms with Gasteiger partial charge in [-0.1, -0.05) is 29.3 Å². The SMILES string of the molecule is NCC(c1ccc(Cl)cc1Cl)C(O)c1cc(F)ccc1F. The third-order valence-corrected chi connectivity index (χ3v) is 3.84. The van der Waals surface area contributed by atoms with Crippen molar-refractivity contribution in [1.29, 1.82) is 0 Å². The minimum Gasteiger partial charge on any atom is -0.388 e. The van der Waals surface area contributed by atoms with Crippen molar-refractivity contribution in [2.24, 2.45) is 5.73 Å². The van der Waals surface area contributed by atoms with E-state index in [1.165, 1.54) is 6.07 Å². The quantitative estimate of drug-likeness (QED) is 0.887. The monoisotopic (exact) mass is 331 g/mol. The van der Waals surface area contributed by atoms with E-state index in [0.717, 1.165) is 18.2 Å². The number of aliphatic hydroxyl groups is 1. The average Bonchev–Trinajstić information content (AvgIpc) is 2.44. The molecule has 6 heteroatoms. The number of nitrogens with two attached hydrogens (primary N) is 1. The molecule has 0 spiro atoms. The molecule has 3 N–H and O–H groups in total. The Balaban J connectivity index is 2.43. The molecule has 0 aliphatic heterocycles. The molecule has 0 bridgehead atoms. The Morgan fingerprint density at radius 3 is 2.38 bits per heavy atom. The number of rotatable bonds is 4. The second-order valence-corrected chi connectivity index (χ2v) is 5.46. The zero-order chi connectivity index (χ0) is 15.6. The summed E-state index contributed by atoms with van der Waals surface area (Å²) in [6.07, 6.45) is -1.32. The molecule has 2 unspecified atom stereocenters. The highest BCUT2D eigenvalue weighted by Crippen LogP contribution is 2.36. The maximum absolute atomic E-state index is 13.8. The molecule has 0 heterocycles. The van der Waals surface area contributed by atoms with Gasteiger partial charge in [-0.3, -0.25) is 0 Å². The average molecular weight is 332 g/mol. The topological polar surface area (TPSA) is 46.2 Å². The van der Waals surface area contributed by atoms with Crippen molar-refractivity contribution >= 4 is 23.2 Å². The van der Waals surface area contributed by atoms with E-state index in [2.05, 4.69) is 0 Å². The highest BCUT2D eigenvalue weighted by Gasteiger charge is 2.26. The van der Waals surface area contributed by atoms with Gasteiger partial charge in [0.15, 0.2) is 0 Å². The second-order valence-electron chi connectivity index (χ2n) is 4.62. The van der Waals surface area contributed by atoms with Gasteiger partial charge in [0.25, 0.3) is 0 Å². The number of hydrogen-bond donors (Lipinski definition) is 2. The first-order valence-corrected chi connectivity index (χ1v) is 6.97. The highest BCUT2D eigenvalue weighted by atomic mass is 35.5. The molecule has 0 saturated heterocycles. The number of hydrogen-bond acceptors (Lipinski definition) is 2. The van der Waals surface area contributed by atoms with Crippen LogP contribution in [-0.2, 0) is 0 Å². The molecule has 0 amide bonds. The smallest absolute Gasteiger partial charge is 0.129 e. The molecule has 2 atom stereocenters. The third-order valence-electron chi connectivity index (χ3n) is 3.27. The van der Waals surface area contributed by atoms with Gasteiger partial charge in [0.05, 0.1) is 6.10 Å². The molecule has 0 aliphatic rings. The fraction of sp³-hybridized carbons (Fsp3) is 0.200. The van der Waals surface area contributed by atoms with Crippen LogP contribution in [0.15, 0.2) is 36.4 Å². The van der Waals surface area contributed by atoms with E-state index in [9.17, 15) is 13.9 Å². The molecule has 0 aromatic heterocycles. The first kappa shape index (κ1) is 16.2. The fourth-order valence-corrected chi connectivity index (χ4v) is 2.73. The summed E-state index contributed by atoms with van der Waals surface area (Å²) < 4.78 is 27.0. The van der Waals surface area contributed by atoms with Crippen LogP contribution in [-0.4, -0.2) is 11.7 Å². The highest BCUT2D eigenvalue weighted by molar-refractivity contribution is 6.35. The normalized spacial score (nSPS) is 14.0. The van der Waals surface area contributed by atoms with E-state index in [4.69, 9.17) is 28.9 Å². The molecular formula is C15H13Cl2F2NO. The van der Waals surface area contributed by atoms with Gasteiger partial charge in [-0.2, -0.15) is 0 Å². The Bertz CT molecular complexity index is 652. The van der Waals surface area contributed by atoms with Gasteiger partial charge in [-0.15, -0.1) is 0 Å². The summed E-state index contributed by atoms with van der Waals surface area (Å²) in [5, 5.41) is 11.1. The van der Waals surface area contributed by atoms with Gasteiger partial charge >= 0.3 is 0 Å². The summed E-state index contributed by atoms with van der Waals surface area (Å²) in [6.45, 7) is 0.0124. The lowest BCUT2D eigenvalue weighted by Crippen LogP contribution is -2.21.